The van der Waals surface area contributed by atoms with Crippen LogP contribution in [0.1, 0.15) is 41.5 Å². The van der Waals surface area contributed by atoms with Gasteiger partial charge in [-0.15, -0.1) is 11.6 Å². The van der Waals surface area contributed by atoms with Crippen LogP contribution in [-0.4, -0.2) is 28.9 Å². The fourth-order valence-corrected chi connectivity index (χ4v) is 2.87. The predicted molar refractivity (Wildman–Crippen MR) is 77.1 cm³/mol. The number of carbonyl (C=O) groups is 1. The average Bonchev–Trinajstić information content (AvgIpc) is 2.67. The number of rotatable bonds is 4. The molecule has 0 bridgehead atoms. The van der Waals surface area contributed by atoms with Gasteiger partial charge >= 0.3 is 0 Å². The Kier molecular flexibility index (Phi) is 4.69. The van der Waals surface area contributed by atoms with Gasteiger partial charge < -0.3 is 9.30 Å². The minimum atomic E-state index is -0.466. The van der Waals surface area contributed by atoms with E-state index in [0.717, 1.165) is 43.1 Å². The first kappa shape index (κ1) is 14.6. The summed E-state index contributed by atoms with van der Waals surface area (Å²) in [5, 5.41) is -0.466. The minimum Gasteiger partial charge on any atom is -0.381 e. The van der Waals surface area contributed by atoms with E-state index in [-0.39, 0.29) is 5.78 Å². The van der Waals surface area contributed by atoms with Gasteiger partial charge in [-0.1, -0.05) is 0 Å². The van der Waals surface area contributed by atoms with Crippen LogP contribution in [0, 0.1) is 19.8 Å². The Bertz CT molecular complexity index is 459. The number of aryl methyl sites for hydroxylation is 1. The van der Waals surface area contributed by atoms with Gasteiger partial charge in [0, 0.05) is 36.0 Å². The van der Waals surface area contributed by atoms with Crippen LogP contribution in [0.4, 0.5) is 0 Å². The lowest BCUT2D eigenvalue weighted by Crippen LogP contribution is -2.23. The van der Waals surface area contributed by atoms with E-state index >= 15 is 0 Å². The first-order valence-electron chi connectivity index (χ1n) is 6.93. The summed E-state index contributed by atoms with van der Waals surface area (Å²) in [5.41, 5.74) is 2.92. The normalized spacial score (nSPS) is 21.4. The topological polar surface area (TPSA) is 31.2 Å². The number of ketones is 1. The maximum Gasteiger partial charge on any atom is 0.182 e. The molecule has 0 aliphatic carbocycles. The lowest BCUT2D eigenvalue weighted by atomic mass is 10.0. The van der Waals surface area contributed by atoms with Gasteiger partial charge in [-0.3, -0.25) is 4.79 Å². The van der Waals surface area contributed by atoms with Crippen molar-refractivity contribution in [2.75, 3.05) is 13.2 Å². The number of carbonyl (C=O) groups excluding carboxylic acids is 1. The van der Waals surface area contributed by atoms with Gasteiger partial charge in [0.2, 0.25) is 0 Å². The lowest BCUT2D eigenvalue weighted by Gasteiger charge is -2.24. The Morgan fingerprint density at radius 1 is 1.58 bits per heavy atom. The summed E-state index contributed by atoms with van der Waals surface area (Å²) in [4.78, 5) is 12.1. The molecule has 1 fully saturated rings. The van der Waals surface area contributed by atoms with E-state index in [2.05, 4.69) is 4.57 Å². The molecule has 1 saturated heterocycles. The molecule has 2 unspecified atom stereocenters. The third-order valence-corrected chi connectivity index (χ3v) is 4.09. The van der Waals surface area contributed by atoms with Crippen LogP contribution in [0.5, 0.6) is 0 Å². The maximum absolute atomic E-state index is 12.1. The molecule has 0 spiro atoms. The van der Waals surface area contributed by atoms with E-state index in [9.17, 15) is 4.79 Å². The molecular weight excluding hydrogens is 262 g/mol. The van der Waals surface area contributed by atoms with Crippen molar-refractivity contribution in [3.63, 3.8) is 0 Å². The van der Waals surface area contributed by atoms with Crippen molar-refractivity contribution in [2.24, 2.45) is 5.92 Å². The van der Waals surface area contributed by atoms with Gasteiger partial charge in [0.25, 0.3) is 0 Å². The number of hydrogen-bond donors (Lipinski definition) is 0. The molecule has 1 aliphatic rings. The van der Waals surface area contributed by atoms with Crippen molar-refractivity contribution >= 4 is 17.4 Å². The molecular formula is C15H22ClNO2. The lowest BCUT2D eigenvalue weighted by molar-refractivity contribution is 0.0480. The maximum atomic E-state index is 12.1. The molecule has 0 N–H and O–H groups in total. The van der Waals surface area contributed by atoms with Crippen LogP contribution in [0.25, 0.3) is 0 Å². The molecule has 1 aliphatic heterocycles. The monoisotopic (exact) mass is 283 g/mol. The molecule has 106 valence electrons. The molecule has 0 amide bonds. The number of hydrogen-bond acceptors (Lipinski definition) is 2. The fraction of sp³-hybridized carbons (Fsp3) is 0.667. The Balaban J connectivity index is 2.19. The van der Waals surface area contributed by atoms with E-state index in [4.69, 9.17) is 16.3 Å². The van der Waals surface area contributed by atoms with E-state index in [1.54, 1.807) is 6.92 Å². The molecule has 1 aromatic heterocycles. The average molecular weight is 284 g/mol. The molecule has 2 rings (SSSR count). The largest absolute Gasteiger partial charge is 0.381 e. The molecule has 1 aromatic rings. The van der Waals surface area contributed by atoms with E-state index < -0.39 is 5.38 Å². The van der Waals surface area contributed by atoms with Gasteiger partial charge in [0.05, 0.1) is 12.0 Å². The number of aromatic nitrogens is 1. The summed E-state index contributed by atoms with van der Waals surface area (Å²) in [5.74, 6) is 0.566. The van der Waals surface area contributed by atoms with Crippen molar-refractivity contribution in [3.05, 3.63) is 23.0 Å². The molecule has 2 heterocycles. The van der Waals surface area contributed by atoms with Gasteiger partial charge in [-0.05, 0) is 39.7 Å². The Labute approximate surface area is 119 Å². The minimum absolute atomic E-state index is 0.0147. The SMILES string of the molecule is Cc1cc(C(=O)C(C)Cl)c(C)n1CC1CCCOC1. The predicted octanol–water partition coefficient (Wildman–Crippen LogP) is 3.34. The first-order chi connectivity index (χ1) is 9.00. The smallest absolute Gasteiger partial charge is 0.182 e. The molecule has 0 radical (unpaired) electrons. The van der Waals surface area contributed by atoms with Crippen LogP contribution in [0.3, 0.4) is 0 Å². The number of halogens is 1. The first-order valence-corrected chi connectivity index (χ1v) is 7.37. The molecule has 0 saturated carbocycles. The summed E-state index contributed by atoms with van der Waals surface area (Å²) < 4.78 is 7.75. The second kappa shape index (κ2) is 6.10. The Hall–Kier alpha value is -0.800. The third kappa shape index (κ3) is 3.21. The van der Waals surface area contributed by atoms with Gasteiger partial charge in [-0.2, -0.15) is 0 Å². The standard InChI is InChI=1S/C15H22ClNO2/c1-10-7-14(15(18)11(2)16)12(3)17(10)8-13-5-4-6-19-9-13/h7,11,13H,4-6,8-9H2,1-3H3. The summed E-state index contributed by atoms with van der Waals surface area (Å²) in [6.07, 6.45) is 2.33. The zero-order valence-electron chi connectivity index (χ0n) is 11.9. The highest BCUT2D eigenvalue weighted by Crippen LogP contribution is 2.22. The van der Waals surface area contributed by atoms with E-state index in [0.29, 0.717) is 5.92 Å². The Morgan fingerprint density at radius 2 is 2.32 bits per heavy atom. The van der Waals surface area contributed by atoms with Gasteiger partial charge in [0.1, 0.15) is 0 Å². The molecule has 0 aromatic carbocycles. The zero-order valence-corrected chi connectivity index (χ0v) is 12.7. The van der Waals surface area contributed by atoms with Crippen molar-refractivity contribution in [1.29, 1.82) is 0 Å². The molecule has 2 atom stereocenters. The van der Waals surface area contributed by atoms with Crippen molar-refractivity contribution in [1.82, 2.24) is 4.57 Å². The summed E-state index contributed by atoms with van der Waals surface area (Å²) in [7, 11) is 0. The highest BCUT2D eigenvalue weighted by molar-refractivity contribution is 6.33. The molecule has 3 nitrogen and oxygen atoms in total. The van der Waals surface area contributed by atoms with Crippen molar-refractivity contribution in [2.45, 2.75) is 45.5 Å². The number of alkyl halides is 1. The van der Waals surface area contributed by atoms with Crippen LogP contribution < -0.4 is 0 Å². The number of ether oxygens (including phenoxy) is 1. The van der Waals surface area contributed by atoms with Crippen molar-refractivity contribution < 1.29 is 9.53 Å². The van der Waals surface area contributed by atoms with Gasteiger partial charge in [0.15, 0.2) is 5.78 Å². The summed E-state index contributed by atoms with van der Waals surface area (Å²) in [6.45, 7) is 8.42. The third-order valence-electron chi connectivity index (χ3n) is 3.90. The summed E-state index contributed by atoms with van der Waals surface area (Å²) >= 11 is 5.91. The van der Waals surface area contributed by atoms with Crippen LogP contribution in [0.2, 0.25) is 0 Å². The van der Waals surface area contributed by atoms with Crippen molar-refractivity contribution in [3.8, 4) is 0 Å². The molecule has 19 heavy (non-hydrogen) atoms. The number of nitrogens with zero attached hydrogens (tertiary/aromatic N) is 1. The quantitative estimate of drug-likeness (QED) is 0.627. The highest BCUT2D eigenvalue weighted by Gasteiger charge is 2.21. The fourth-order valence-electron chi connectivity index (χ4n) is 2.76. The van der Waals surface area contributed by atoms with Crippen LogP contribution in [-0.2, 0) is 11.3 Å². The second-order valence-corrected chi connectivity index (χ2v) is 6.11. The summed E-state index contributed by atoms with van der Waals surface area (Å²) in [6, 6.07) is 1.96. The van der Waals surface area contributed by atoms with Crippen LogP contribution in [0.15, 0.2) is 6.07 Å². The molecule has 4 heteroatoms. The van der Waals surface area contributed by atoms with Crippen LogP contribution >= 0.6 is 11.6 Å². The van der Waals surface area contributed by atoms with Gasteiger partial charge in [-0.25, -0.2) is 0 Å². The van der Waals surface area contributed by atoms with E-state index in [1.807, 2.05) is 19.9 Å². The second-order valence-electron chi connectivity index (χ2n) is 5.46. The highest BCUT2D eigenvalue weighted by atomic mass is 35.5. The Morgan fingerprint density at radius 3 is 2.89 bits per heavy atom. The number of Topliss-reactive ketones (excluding diaryl/α,β-unsaturated/α-hetero) is 1. The van der Waals surface area contributed by atoms with E-state index in [1.165, 1.54) is 6.42 Å². The zero-order chi connectivity index (χ0) is 14.0.